The second-order valence-electron chi connectivity index (χ2n) is 4.00. The minimum absolute atomic E-state index is 0.379. The van der Waals surface area contributed by atoms with Gasteiger partial charge in [-0.25, -0.2) is 4.39 Å². The standard InChI is InChI=1S/C12H13FN2O2/c13-11-3-4-12(14-6-1-2-7-14)10(9-11)5-8-15(16)17/h3-5,8-9H,1-2,6-7H2. The summed E-state index contributed by atoms with van der Waals surface area (Å²) in [5.41, 5.74) is 1.42. The van der Waals surface area contributed by atoms with Gasteiger partial charge in [-0.3, -0.25) is 10.1 Å². The van der Waals surface area contributed by atoms with Crippen LogP contribution in [0.5, 0.6) is 0 Å². The molecule has 0 bridgehead atoms. The van der Waals surface area contributed by atoms with Crippen LogP contribution in [-0.4, -0.2) is 18.0 Å². The quantitative estimate of drug-likeness (QED) is 0.598. The molecule has 4 nitrogen and oxygen atoms in total. The molecule has 0 saturated carbocycles. The van der Waals surface area contributed by atoms with E-state index in [1.165, 1.54) is 18.2 Å². The molecule has 1 fully saturated rings. The minimum atomic E-state index is -0.543. The Hall–Kier alpha value is -1.91. The van der Waals surface area contributed by atoms with Crippen molar-refractivity contribution in [2.75, 3.05) is 18.0 Å². The van der Waals surface area contributed by atoms with Crippen molar-refractivity contribution < 1.29 is 9.31 Å². The molecule has 2 rings (SSSR count). The second-order valence-corrected chi connectivity index (χ2v) is 4.00. The van der Waals surface area contributed by atoms with Crippen molar-refractivity contribution in [3.05, 3.63) is 45.9 Å². The van der Waals surface area contributed by atoms with Crippen molar-refractivity contribution >= 4 is 11.8 Å². The minimum Gasteiger partial charge on any atom is -0.371 e. The fourth-order valence-corrected chi connectivity index (χ4v) is 2.05. The number of nitro groups is 1. The summed E-state index contributed by atoms with van der Waals surface area (Å²) in [6, 6.07) is 4.39. The third kappa shape index (κ3) is 2.81. The van der Waals surface area contributed by atoms with E-state index < -0.39 is 4.92 Å². The second kappa shape index (κ2) is 4.95. The van der Waals surface area contributed by atoms with Gasteiger partial charge in [0.2, 0.25) is 6.20 Å². The molecular weight excluding hydrogens is 223 g/mol. The molecule has 17 heavy (non-hydrogen) atoms. The van der Waals surface area contributed by atoms with Crippen LogP contribution in [0.1, 0.15) is 18.4 Å². The SMILES string of the molecule is O=[N+]([O-])C=Cc1cc(F)ccc1N1CCCC1. The van der Waals surface area contributed by atoms with Crippen molar-refractivity contribution in [1.82, 2.24) is 0 Å². The maximum absolute atomic E-state index is 13.1. The first kappa shape index (κ1) is 11.6. The van der Waals surface area contributed by atoms with Gasteiger partial charge in [0.1, 0.15) is 5.82 Å². The highest BCUT2D eigenvalue weighted by Gasteiger charge is 2.15. The topological polar surface area (TPSA) is 46.4 Å². The first-order valence-electron chi connectivity index (χ1n) is 5.53. The molecule has 1 heterocycles. The zero-order chi connectivity index (χ0) is 12.3. The highest BCUT2D eigenvalue weighted by atomic mass is 19.1. The Bertz CT molecular complexity index is 454. The summed E-state index contributed by atoms with van der Waals surface area (Å²) in [7, 11) is 0. The van der Waals surface area contributed by atoms with Crippen LogP contribution in [-0.2, 0) is 0 Å². The smallest absolute Gasteiger partial charge is 0.235 e. The van der Waals surface area contributed by atoms with Crippen molar-refractivity contribution in [2.24, 2.45) is 0 Å². The zero-order valence-corrected chi connectivity index (χ0v) is 9.30. The normalized spacial score (nSPS) is 15.7. The van der Waals surface area contributed by atoms with Gasteiger partial charge in [-0.1, -0.05) is 0 Å². The van der Waals surface area contributed by atoms with E-state index >= 15 is 0 Å². The Balaban J connectivity index is 2.33. The molecule has 1 saturated heterocycles. The summed E-state index contributed by atoms with van der Waals surface area (Å²) in [5.74, 6) is -0.379. The van der Waals surface area contributed by atoms with Gasteiger partial charge < -0.3 is 4.90 Å². The van der Waals surface area contributed by atoms with E-state index in [4.69, 9.17) is 0 Å². The Morgan fingerprint density at radius 2 is 2.06 bits per heavy atom. The van der Waals surface area contributed by atoms with Gasteiger partial charge in [-0.2, -0.15) is 0 Å². The van der Waals surface area contributed by atoms with E-state index in [0.717, 1.165) is 37.8 Å². The molecule has 0 unspecified atom stereocenters. The van der Waals surface area contributed by atoms with E-state index in [-0.39, 0.29) is 5.82 Å². The summed E-state index contributed by atoms with van der Waals surface area (Å²) in [4.78, 5) is 11.9. The monoisotopic (exact) mass is 236 g/mol. The van der Waals surface area contributed by atoms with Gasteiger partial charge in [0.05, 0.1) is 4.92 Å². The molecule has 0 radical (unpaired) electrons. The molecule has 0 aliphatic carbocycles. The number of rotatable bonds is 3. The van der Waals surface area contributed by atoms with E-state index in [2.05, 4.69) is 4.90 Å². The molecule has 1 aliphatic rings. The summed E-state index contributed by atoms with van der Waals surface area (Å²) in [6.45, 7) is 1.84. The molecule has 90 valence electrons. The predicted octanol–water partition coefficient (Wildman–Crippen LogP) is 2.67. The molecule has 1 aliphatic heterocycles. The lowest BCUT2D eigenvalue weighted by atomic mass is 10.1. The largest absolute Gasteiger partial charge is 0.371 e. The average Bonchev–Trinajstić information content (AvgIpc) is 2.80. The average molecular weight is 236 g/mol. The molecule has 0 spiro atoms. The molecule has 0 atom stereocenters. The van der Waals surface area contributed by atoms with Gasteiger partial charge in [-0.15, -0.1) is 0 Å². The molecule has 0 aromatic heterocycles. The number of halogens is 1. The number of anilines is 1. The van der Waals surface area contributed by atoms with Gasteiger partial charge in [0.25, 0.3) is 0 Å². The number of hydrogen-bond acceptors (Lipinski definition) is 3. The third-order valence-electron chi connectivity index (χ3n) is 2.81. The van der Waals surface area contributed by atoms with Crippen LogP contribution in [0.2, 0.25) is 0 Å². The van der Waals surface area contributed by atoms with Crippen LogP contribution >= 0.6 is 0 Å². The lowest BCUT2D eigenvalue weighted by Crippen LogP contribution is -2.18. The van der Waals surface area contributed by atoms with Crippen LogP contribution in [0, 0.1) is 15.9 Å². The van der Waals surface area contributed by atoms with Crippen LogP contribution in [0.15, 0.2) is 24.4 Å². The number of nitrogens with zero attached hydrogens (tertiary/aromatic N) is 2. The van der Waals surface area contributed by atoms with E-state index in [9.17, 15) is 14.5 Å². The third-order valence-corrected chi connectivity index (χ3v) is 2.81. The number of hydrogen-bond donors (Lipinski definition) is 0. The molecule has 0 N–H and O–H groups in total. The molecule has 1 aromatic carbocycles. The van der Waals surface area contributed by atoms with Crippen LogP contribution in [0.25, 0.3) is 6.08 Å². The molecule has 5 heteroatoms. The Labute approximate surface area is 98.5 Å². The van der Waals surface area contributed by atoms with E-state index in [1.807, 2.05) is 0 Å². The van der Waals surface area contributed by atoms with Crippen LogP contribution in [0.3, 0.4) is 0 Å². The Kier molecular flexibility index (Phi) is 3.37. The highest BCUT2D eigenvalue weighted by Crippen LogP contribution is 2.26. The van der Waals surface area contributed by atoms with Gasteiger partial charge in [-0.05, 0) is 31.0 Å². The highest BCUT2D eigenvalue weighted by molar-refractivity contribution is 5.67. The summed E-state index contributed by atoms with van der Waals surface area (Å²) < 4.78 is 13.1. The van der Waals surface area contributed by atoms with Gasteiger partial charge >= 0.3 is 0 Å². The van der Waals surface area contributed by atoms with E-state index in [1.54, 1.807) is 6.07 Å². The van der Waals surface area contributed by atoms with Crippen molar-refractivity contribution in [3.63, 3.8) is 0 Å². The van der Waals surface area contributed by atoms with E-state index in [0.29, 0.717) is 5.56 Å². The summed E-state index contributed by atoms with van der Waals surface area (Å²) in [6.07, 6.45) is 4.40. The zero-order valence-electron chi connectivity index (χ0n) is 9.30. The molecule has 0 amide bonds. The molecule has 1 aromatic rings. The van der Waals surface area contributed by atoms with Crippen molar-refractivity contribution in [3.8, 4) is 0 Å². The Morgan fingerprint density at radius 1 is 1.35 bits per heavy atom. The van der Waals surface area contributed by atoms with Gasteiger partial charge in [0.15, 0.2) is 0 Å². The first-order chi connectivity index (χ1) is 8.16. The van der Waals surface area contributed by atoms with Crippen molar-refractivity contribution in [2.45, 2.75) is 12.8 Å². The summed E-state index contributed by atoms with van der Waals surface area (Å²) in [5, 5.41) is 10.3. The fourth-order valence-electron chi connectivity index (χ4n) is 2.05. The predicted molar refractivity (Wildman–Crippen MR) is 63.9 cm³/mol. The maximum Gasteiger partial charge on any atom is 0.235 e. The Morgan fingerprint density at radius 3 is 2.71 bits per heavy atom. The van der Waals surface area contributed by atoms with Gasteiger partial charge in [0, 0.05) is 30.4 Å². The van der Waals surface area contributed by atoms with Crippen LogP contribution < -0.4 is 4.90 Å². The first-order valence-corrected chi connectivity index (χ1v) is 5.53. The summed E-state index contributed by atoms with van der Waals surface area (Å²) >= 11 is 0. The number of benzene rings is 1. The lowest BCUT2D eigenvalue weighted by molar-refractivity contribution is -0.400. The van der Waals surface area contributed by atoms with Crippen LogP contribution in [0.4, 0.5) is 10.1 Å². The lowest BCUT2D eigenvalue weighted by Gasteiger charge is -2.19. The molecular formula is C12H13FN2O2. The maximum atomic E-state index is 13.1. The van der Waals surface area contributed by atoms with Crippen molar-refractivity contribution in [1.29, 1.82) is 0 Å². The fraction of sp³-hybridized carbons (Fsp3) is 0.333.